The van der Waals surface area contributed by atoms with Crippen molar-refractivity contribution in [2.45, 2.75) is 66.8 Å². The molecule has 3 atom stereocenters. The molecule has 0 aromatic heterocycles. The van der Waals surface area contributed by atoms with Crippen molar-refractivity contribution in [2.75, 3.05) is 12.4 Å². The number of hydrogen-bond acceptors (Lipinski definition) is 6. The van der Waals surface area contributed by atoms with E-state index in [1.807, 2.05) is 0 Å². The van der Waals surface area contributed by atoms with Crippen LogP contribution in [0.25, 0.3) is 0 Å². The van der Waals surface area contributed by atoms with Gasteiger partial charge in [0.1, 0.15) is 0 Å². The van der Waals surface area contributed by atoms with Gasteiger partial charge in [0.25, 0.3) is 0 Å². The molecule has 0 aliphatic heterocycles. The number of benzene rings is 1. The molecule has 2 N–H and O–H groups in total. The van der Waals surface area contributed by atoms with Gasteiger partial charge < -0.3 is 9.84 Å². The molecule has 6 nitrogen and oxygen atoms in total. The number of hydrogen-bond donors (Lipinski definition) is 2. The van der Waals surface area contributed by atoms with Crippen LogP contribution in [0.5, 0.6) is 0 Å². The Hall–Kier alpha value is -1.37. The van der Waals surface area contributed by atoms with Crippen LogP contribution in [0.15, 0.2) is 9.79 Å². The Morgan fingerprint density at radius 2 is 1.78 bits per heavy atom. The van der Waals surface area contributed by atoms with Crippen molar-refractivity contribution < 1.29 is 45.2 Å². The molecule has 2 aliphatic carbocycles. The number of halogens is 4. The standard InChI is InChI=1S/C20H24F4O6S2/c21-14-16(23)19(32(27,28)29)17(24)15(22)18(14)31-7-4-13(25)30-6-3-12-8-11-2-1-5-20(26,9-11)10-12/h11-12,26H,1-10H2,(H,27,28,29). The first kappa shape index (κ1) is 25.3. The van der Waals surface area contributed by atoms with Gasteiger partial charge in [0, 0.05) is 5.75 Å². The Labute approximate surface area is 187 Å². The van der Waals surface area contributed by atoms with E-state index in [0.29, 0.717) is 18.8 Å². The molecule has 32 heavy (non-hydrogen) atoms. The zero-order valence-electron chi connectivity index (χ0n) is 17.1. The van der Waals surface area contributed by atoms with E-state index < -0.39 is 54.7 Å². The molecule has 0 amide bonds. The van der Waals surface area contributed by atoms with Gasteiger partial charge in [-0.15, -0.1) is 11.8 Å². The van der Waals surface area contributed by atoms with Crippen molar-refractivity contribution in [1.82, 2.24) is 0 Å². The third-order valence-electron chi connectivity index (χ3n) is 6.04. The van der Waals surface area contributed by atoms with Crippen LogP contribution in [-0.2, 0) is 19.6 Å². The molecule has 2 fully saturated rings. The van der Waals surface area contributed by atoms with Crippen molar-refractivity contribution in [3.8, 4) is 0 Å². The molecular formula is C20H24F4O6S2. The van der Waals surface area contributed by atoms with Crippen LogP contribution in [0, 0.1) is 35.1 Å². The second kappa shape index (κ2) is 9.86. The monoisotopic (exact) mass is 500 g/mol. The summed E-state index contributed by atoms with van der Waals surface area (Å²) >= 11 is 0.281. The minimum Gasteiger partial charge on any atom is -0.466 e. The maximum atomic E-state index is 14.0. The molecule has 1 aromatic carbocycles. The molecular weight excluding hydrogens is 476 g/mol. The first-order chi connectivity index (χ1) is 14.9. The van der Waals surface area contributed by atoms with Crippen LogP contribution >= 0.6 is 11.8 Å². The number of esters is 1. The molecule has 0 saturated heterocycles. The summed E-state index contributed by atoms with van der Waals surface area (Å²) in [5, 5.41) is 10.6. The topological polar surface area (TPSA) is 101 Å². The fraction of sp³-hybridized carbons (Fsp3) is 0.650. The summed E-state index contributed by atoms with van der Waals surface area (Å²) in [6, 6.07) is 0. The van der Waals surface area contributed by atoms with Crippen LogP contribution in [-0.4, -0.2) is 42.0 Å². The van der Waals surface area contributed by atoms with Gasteiger partial charge in [-0.2, -0.15) is 8.42 Å². The first-order valence-electron chi connectivity index (χ1n) is 10.3. The molecule has 12 heteroatoms. The number of aliphatic hydroxyl groups is 1. The highest BCUT2D eigenvalue weighted by Gasteiger charge is 2.41. The van der Waals surface area contributed by atoms with Crippen molar-refractivity contribution in [2.24, 2.45) is 11.8 Å². The van der Waals surface area contributed by atoms with Gasteiger partial charge in [-0.05, 0) is 43.9 Å². The number of carbonyl (C=O) groups excluding carboxylic acids is 1. The smallest absolute Gasteiger partial charge is 0.306 e. The van der Waals surface area contributed by atoms with Crippen LogP contribution in [0.2, 0.25) is 0 Å². The Morgan fingerprint density at radius 1 is 1.12 bits per heavy atom. The first-order valence-corrected chi connectivity index (χ1v) is 12.7. The molecule has 0 spiro atoms. The molecule has 0 heterocycles. The number of fused-ring (bicyclic) bond motifs is 2. The third kappa shape index (κ3) is 5.75. The van der Waals surface area contributed by atoms with Gasteiger partial charge in [-0.3, -0.25) is 9.35 Å². The summed E-state index contributed by atoms with van der Waals surface area (Å²) in [7, 11) is -5.52. The maximum absolute atomic E-state index is 14.0. The molecule has 2 saturated carbocycles. The summed E-state index contributed by atoms with van der Waals surface area (Å²) in [5.74, 6) is -8.64. The molecule has 3 unspecified atom stereocenters. The van der Waals surface area contributed by atoms with Gasteiger partial charge in [0.15, 0.2) is 28.2 Å². The Balaban J connectivity index is 1.48. The Kier molecular flexibility index (Phi) is 7.78. The van der Waals surface area contributed by atoms with Gasteiger partial charge in [-0.1, -0.05) is 12.8 Å². The van der Waals surface area contributed by atoms with E-state index in [4.69, 9.17) is 9.29 Å². The van der Waals surface area contributed by atoms with Gasteiger partial charge in [0.2, 0.25) is 0 Å². The highest BCUT2D eigenvalue weighted by Crippen LogP contribution is 2.46. The normalized spacial score (nSPS) is 25.6. The van der Waals surface area contributed by atoms with Gasteiger partial charge in [0.05, 0.1) is 23.5 Å². The predicted octanol–water partition coefficient (Wildman–Crippen LogP) is 4.24. The van der Waals surface area contributed by atoms with E-state index in [-0.39, 0.29) is 36.5 Å². The summed E-state index contributed by atoms with van der Waals surface area (Å²) in [5.41, 5.74) is -0.629. The van der Waals surface area contributed by atoms with Gasteiger partial charge >= 0.3 is 16.1 Å². The minimum absolute atomic E-state index is 0.131. The lowest BCUT2D eigenvalue weighted by Gasteiger charge is -2.45. The Bertz CT molecular complexity index is 958. The fourth-order valence-corrected chi connectivity index (χ4v) is 6.29. The lowest BCUT2D eigenvalue weighted by Crippen LogP contribution is -2.42. The predicted molar refractivity (Wildman–Crippen MR) is 107 cm³/mol. The van der Waals surface area contributed by atoms with E-state index >= 15 is 0 Å². The van der Waals surface area contributed by atoms with Crippen molar-refractivity contribution >= 4 is 27.8 Å². The molecule has 0 radical (unpaired) electrons. The minimum atomic E-state index is -5.52. The van der Waals surface area contributed by atoms with Crippen molar-refractivity contribution in [3.63, 3.8) is 0 Å². The van der Waals surface area contributed by atoms with Crippen LogP contribution < -0.4 is 0 Å². The lowest BCUT2D eigenvalue weighted by molar-refractivity contribution is -0.144. The third-order valence-corrected chi connectivity index (χ3v) is 7.97. The SMILES string of the molecule is O=C(CCSc1c(F)c(F)c(S(=O)(=O)O)c(F)c1F)OCCC1CC2CCCC(O)(C2)C1. The highest BCUT2D eigenvalue weighted by atomic mass is 32.2. The zero-order chi connectivity index (χ0) is 23.7. The molecule has 2 aliphatic rings. The fourth-order valence-electron chi connectivity index (χ4n) is 4.75. The van der Waals surface area contributed by atoms with Crippen LogP contribution in [0.3, 0.4) is 0 Å². The Morgan fingerprint density at radius 3 is 2.38 bits per heavy atom. The average molecular weight is 501 g/mol. The number of carbonyl (C=O) groups is 1. The summed E-state index contributed by atoms with van der Waals surface area (Å²) < 4.78 is 91.3. The maximum Gasteiger partial charge on any atom is 0.306 e. The van der Waals surface area contributed by atoms with Crippen molar-refractivity contribution in [3.05, 3.63) is 23.3 Å². The van der Waals surface area contributed by atoms with Crippen molar-refractivity contribution in [1.29, 1.82) is 0 Å². The van der Waals surface area contributed by atoms with E-state index in [2.05, 4.69) is 0 Å². The highest BCUT2D eigenvalue weighted by molar-refractivity contribution is 7.99. The van der Waals surface area contributed by atoms with E-state index in [9.17, 15) is 35.9 Å². The largest absolute Gasteiger partial charge is 0.466 e. The van der Waals surface area contributed by atoms with Gasteiger partial charge in [-0.25, -0.2) is 17.6 Å². The quantitative estimate of drug-likeness (QED) is 0.181. The van der Waals surface area contributed by atoms with Crippen LogP contribution in [0.4, 0.5) is 17.6 Å². The zero-order valence-corrected chi connectivity index (χ0v) is 18.7. The number of thioether (sulfide) groups is 1. The second-order valence-corrected chi connectivity index (χ2v) is 11.0. The van der Waals surface area contributed by atoms with E-state index in [0.717, 1.165) is 32.1 Å². The average Bonchev–Trinajstić information content (AvgIpc) is 2.67. The molecule has 180 valence electrons. The molecule has 3 rings (SSSR count). The lowest BCUT2D eigenvalue weighted by atomic mass is 9.65. The number of ether oxygens (including phenoxy) is 1. The molecule has 1 aromatic rings. The second-order valence-electron chi connectivity index (χ2n) is 8.49. The summed E-state index contributed by atoms with van der Waals surface area (Å²) in [6.07, 6.45) is 5.66. The number of rotatable bonds is 8. The van der Waals surface area contributed by atoms with E-state index in [1.165, 1.54) is 0 Å². The van der Waals surface area contributed by atoms with Crippen LogP contribution in [0.1, 0.15) is 51.4 Å². The molecule has 2 bridgehead atoms. The van der Waals surface area contributed by atoms with E-state index in [1.54, 1.807) is 0 Å². The summed E-state index contributed by atoms with van der Waals surface area (Å²) in [6.45, 7) is 0.131. The summed E-state index contributed by atoms with van der Waals surface area (Å²) in [4.78, 5) is 8.65.